The number of piperidine rings is 1. The van der Waals surface area contributed by atoms with E-state index in [2.05, 4.69) is 17.1 Å². The van der Waals surface area contributed by atoms with Gasteiger partial charge in [-0.1, -0.05) is 19.1 Å². The second-order valence-corrected chi connectivity index (χ2v) is 6.07. The molecule has 1 amide bonds. The number of nitrogens with one attached hydrogen (secondary N) is 1. The number of carbonyl (C=O) groups is 1. The number of likely N-dealkylation sites (tertiary alicyclic amines) is 1. The average molecular weight is 313 g/mol. The molecule has 1 fully saturated rings. The smallest absolute Gasteiger partial charge is 0.261 e. The Labute approximate surface area is 137 Å². The second-order valence-electron chi connectivity index (χ2n) is 6.07. The van der Waals surface area contributed by atoms with Gasteiger partial charge in [0.2, 0.25) is 0 Å². The Hall–Kier alpha value is -2.32. The van der Waals surface area contributed by atoms with Gasteiger partial charge in [-0.05, 0) is 49.1 Å². The van der Waals surface area contributed by atoms with Gasteiger partial charge in [0.05, 0.1) is 0 Å². The van der Waals surface area contributed by atoms with Gasteiger partial charge in [0.15, 0.2) is 0 Å². The zero-order valence-electron chi connectivity index (χ0n) is 13.5. The maximum atomic E-state index is 12.1. The van der Waals surface area contributed by atoms with Crippen LogP contribution in [0.4, 0.5) is 0 Å². The van der Waals surface area contributed by atoms with E-state index in [-0.39, 0.29) is 17.2 Å². The molecule has 1 aliphatic rings. The van der Waals surface area contributed by atoms with Gasteiger partial charge in [-0.15, -0.1) is 0 Å². The molecular formula is C18H23N3O2. The number of hydrogen-bond acceptors (Lipinski definition) is 4. The molecule has 1 aromatic rings. The van der Waals surface area contributed by atoms with Gasteiger partial charge in [-0.3, -0.25) is 4.79 Å². The molecule has 5 nitrogen and oxygen atoms in total. The second kappa shape index (κ2) is 8.35. The highest BCUT2D eigenvalue weighted by Gasteiger charge is 2.16. The molecule has 0 aromatic heterocycles. The van der Waals surface area contributed by atoms with E-state index in [1.165, 1.54) is 25.0 Å². The number of phenols is 1. The van der Waals surface area contributed by atoms with E-state index in [9.17, 15) is 9.90 Å². The highest BCUT2D eigenvalue weighted by molar-refractivity contribution is 6.01. The Bertz CT molecular complexity index is 619. The molecule has 0 bridgehead atoms. The Balaban J connectivity index is 1.87. The molecule has 2 N–H and O–H groups in total. The number of carbonyl (C=O) groups excluding carboxylic acids is 1. The zero-order chi connectivity index (χ0) is 16.7. The molecule has 23 heavy (non-hydrogen) atoms. The molecule has 122 valence electrons. The minimum atomic E-state index is -0.374. The Morgan fingerprint density at radius 1 is 1.57 bits per heavy atom. The van der Waals surface area contributed by atoms with Crippen LogP contribution in [0.3, 0.4) is 0 Å². The first-order valence-corrected chi connectivity index (χ1v) is 8.00. The van der Waals surface area contributed by atoms with Gasteiger partial charge >= 0.3 is 0 Å². The number of amides is 1. The summed E-state index contributed by atoms with van der Waals surface area (Å²) in [6, 6.07) is 8.39. The number of nitriles is 1. The number of aromatic hydroxyl groups is 1. The van der Waals surface area contributed by atoms with Crippen LogP contribution >= 0.6 is 0 Å². The van der Waals surface area contributed by atoms with Crippen molar-refractivity contribution in [3.05, 3.63) is 35.4 Å². The number of phenolic OH excluding ortho intramolecular Hbond substituents is 1. The lowest BCUT2D eigenvalue weighted by Crippen LogP contribution is -2.40. The van der Waals surface area contributed by atoms with Crippen LogP contribution in [0.15, 0.2) is 29.8 Å². The third-order valence-electron chi connectivity index (χ3n) is 4.00. The van der Waals surface area contributed by atoms with E-state index in [1.807, 2.05) is 6.07 Å². The van der Waals surface area contributed by atoms with Crippen LogP contribution in [0.5, 0.6) is 5.75 Å². The van der Waals surface area contributed by atoms with Crippen LogP contribution in [-0.2, 0) is 4.79 Å². The summed E-state index contributed by atoms with van der Waals surface area (Å²) in [6.07, 6.45) is 3.96. The molecule has 1 heterocycles. The molecule has 1 saturated heterocycles. The topological polar surface area (TPSA) is 76.4 Å². The molecule has 2 rings (SSSR count). The van der Waals surface area contributed by atoms with E-state index in [0.717, 1.165) is 19.6 Å². The number of nitrogens with zero attached hydrogens (tertiary/aromatic N) is 2. The van der Waals surface area contributed by atoms with E-state index < -0.39 is 0 Å². The van der Waals surface area contributed by atoms with E-state index in [4.69, 9.17) is 5.26 Å². The standard InChI is InChI=1S/C18H23N3O2/c1-14-4-3-8-21(13-14)9-7-20-18(23)16(12-19)10-15-5-2-6-17(22)11-15/h2,5-6,10-11,14,22H,3-4,7-9,13H2,1H3,(H,20,23)/b16-10+. The molecule has 0 spiro atoms. The summed E-state index contributed by atoms with van der Waals surface area (Å²) < 4.78 is 0. The first-order valence-electron chi connectivity index (χ1n) is 8.00. The zero-order valence-corrected chi connectivity index (χ0v) is 13.5. The minimum Gasteiger partial charge on any atom is -0.508 e. The van der Waals surface area contributed by atoms with Gasteiger partial charge in [0.25, 0.3) is 5.91 Å². The number of rotatable bonds is 5. The summed E-state index contributed by atoms with van der Waals surface area (Å²) in [4.78, 5) is 14.4. The average Bonchev–Trinajstić information content (AvgIpc) is 2.52. The van der Waals surface area contributed by atoms with Crippen LogP contribution in [0, 0.1) is 17.2 Å². The van der Waals surface area contributed by atoms with Crippen LogP contribution in [0.1, 0.15) is 25.3 Å². The van der Waals surface area contributed by atoms with E-state index in [1.54, 1.807) is 18.2 Å². The monoisotopic (exact) mass is 313 g/mol. The van der Waals surface area contributed by atoms with E-state index in [0.29, 0.717) is 18.0 Å². The Morgan fingerprint density at radius 3 is 3.09 bits per heavy atom. The first kappa shape index (κ1) is 17.0. The molecule has 0 saturated carbocycles. The quantitative estimate of drug-likeness (QED) is 0.645. The fourth-order valence-electron chi connectivity index (χ4n) is 2.84. The summed E-state index contributed by atoms with van der Waals surface area (Å²) in [5.74, 6) is 0.441. The van der Waals surface area contributed by atoms with Crippen molar-refractivity contribution in [1.29, 1.82) is 5.26 Å². The lowest BCUT2D eigenvalue weighted by atomic mass is 10.0. The predicted octanol–water partition coefficient (Wildman–Crippen LogP) is 2.15. The first-order chi connectivity index (χ1) is 11.1. The van der Waals surface area contributed by atoms with Gasteiger partial charge in [-0.2, -0.15) is 5.26 Å². The molecule has 5 heteroatoms. The van der Waals surface area contributed by atoms with Crippen molar-refractivity contribution in [3.8, 4) is 11.8 Å². The fraction of sp³-hybridized carbons (Fsp3) is 0.444. The van der Waals surface area contributed by atoms with E-state index >= 15 is 0 Å². The van der Waals surface area contributed by atoms with Crippen molar-refractivity contribution in [3.63, 3.8) is 0 Å². The van der Waals surface area contributed by atoms with Gasteiger partial charge in [-0.25, -0.2) is 0 Å². The summed E-state index contributed by atoms with van der Waals surface area (Å²) in [6.45, 7) is 5.73. The molecule has 0 aliphatic carbocycles. The third kappa shape index (κ3) is 5.42. The minimum absolute atomic E-state index is 0.0441. The number of benzene rings is 1. The SMILES string of the molecule is CC1CCCN(CCNC(=O)/C(C#N)=C/c2cccc(O)c2)C1. The number of hydrogen-bond donors (Lipinski definition) is 2. The lowest BCUT2D eigenvalue weighted by Gasteiger charge is -2.30. The summed E-state index contributed by atoms with van der Waals surface area (Å²) in [5, 5.41) is 21.4. The summed E-state index contributed by atoms with van der Waals surface area (Å²) in [5.41, 5.74) is 0.671. The normalized spacial score (nSPS) is 19.1. The predicted molar refractivity (Wildman–Crippen MR) is 89.5 cm³/mol. The summed E-state index contributed by atoms with van der Waals surface area (Å²) >= 11 is 0. The van der Waals surface area contributed by atoms with Crippen molar-refractivity contribution < 1.29 is 9.90 Å². The van der Waals surface area contributed by atoms with Crippen molar-refractivity contribution in [2.75, 3.05) is 26.2 Å². The molecule has 0 radical (unpaired) electrons. The lowest BCUT2D eigenvalue weighted by molar-refractivity contribution is -0.117. The van der Waals surface area contributed by atoms with Crippen LogP contribution in [0.25, 0.3) is 6.08 Å². The highest BCUT2D eigenvalue weighted by atomic mass is 16.3. The van der Waals surface area contributed by atoms with Gasteiger partial charge in [0.1, 0.15) is 17.4 Å². The maximum absolute atomic E-state index is 12.1. The molecule has 1 aromatic carbocycles. The van der Waals surface area contributed by atoms with Crippen molar-refractivity contribution in [2.24, 2.45) is 5.92 Å². The molecule has 1 aliphatic heterocycles. The van der Waals surface area contributed by atoms with Gasteiger partial charge < -0.3 is 15.3 Å². The van der Waals surface area contributed by atoms with Crippen LogP contribution < -0.4 is 5.32 Å². The highest BCUT2D eigenvalue weighted by Crippen LogP contribution is 2.15. The molecule has 1 unspecified atom stereocenters. The maximum Gasteiger partial charge on any atom is 0.261 e. The largest absolute Gasteiger partial charge is 0.508 e. The Kier molecular flexibility index (Phi) is 6.19. The van der Waals surface area contributed by atoms with Crippen molar-refractivity contribution >= 4 is 12.0 Å². The van der Waals surface area contributed by atoms with Gasteiger partial charge in [0, 0.05) is 19.6 Å². The van der Waals surface area contributed by atoms with Crippen LogP contribution in [0.2, 0.25) is 0 Å². The summed E-state index contributed by atoms with van der Waals surface area (Å²) in [7, 11) is 0. The van der Waals surface area contributed by atoms with Crippen LogP contribution in [-0.4, -0.2) is 42.1 Å². The van der Waals surface area contributed by atoms with Crippen molar-refractivity contribution in [2.45, 2.75) is 19.8 Å². The Morgan fingerprint density at radius 2 is 2.39 bits per heavy atom. The molecular weight excluding hydrogens is 290 g/mol. The third-order valence-corrected chi connectivity index (χ3v) is 4.00. The van der Waals surface area contributed by atoms with Crippen molar-refractivity contribution in [1.82, 2.24) is 10.2 Å². The fourth-order valence-corrected chi connectivity index (χ4v) is 2.84. The molecule has 1 atom stereocenters.